The number of benzene rings is 2. The molecule has 1 amide bonds. The van der Waals surface area contributed by atoms with E-state index in [1.54, 1.807) is 26.4 Å². The Balaban J connectivity index is 2.15. The van der Waals surface area contributed by atoms with Crippen molar-refractivity contribution in [1.82, 2.24) is 9.62 Å². The van der Waals surface area contributed by atoms with Crippen molar-refractivity contribution in [1.29, 1.82) is 0 Å². The van der Waals surface area contributed by atoms with Gasteiger partial charge in [-0.2, -0.15) is 0 Å². The van der Waals surface area contributed by atoms with Gasteiger partial charge in [-0.3, -0.25) is 4.79 Å². The Labute approximate surface area is 190 Å². The highest BCUT2D eigenvalue weighted by Gasteiger charge is 2.20. The number of rotatable bonds is 11. The topological polar surface area (TPSA) is 94.2 Å². The van der Waals surface area contributed by atoms with Gasteiger partial charge in [-0.25, -0.2) is 12.7 Å². The number of hydrogen-bond acceptors (Lipinski definition) is 6. The second-order valence-electron chi connectivity index (χ2n) is 7.40. The predicted octanol–water partition coefficient (Wildman–Crippen LogP) is 3.16. The lowest BCUT2D eigenvalue weighted by molar-refractivity contribution is -0.121. The molecule has 0 aliphatic rings. The molecule has 176 valence electrons. The Kier molecular flexibility index (Phi) is 8.91. The van der Waals surface area contributed by atoms with E-state index < -0.39 is 10.0 Å². The molecule has 0 fully saturated rings. The Hall–Kier alpha value is -2.78. The van der Waals surface area contributed by atoms with E-state index in [4.69, 9.17) is 14.2 Å². The number of hydrogen-bond donors (Lipinski definition) is 1. The first kappa shape index (κ1) is 25.5. The molecule has 0 bridgehead atoms. The molecule has 0 unspecified atom stereocenters. The van der Waals surface area contributed by atoms with Gasteiger partial charge in [0, 0.05) is 20.5 Å². The summed E-state index contributed by atoms with van der Waals surface area (Å²) in [6.07, 6.45) is 1.22. The molecular weight excluding hydrogens is 432 g/mol. The summed E-state index contributed by atoms with van der Waals surface area (Å²) in [5.41, 5.74) is 1.57. The number of carbonyl (C=O) groups is 1. The van der Waals surface area contributed by atoms with Crippen LogP contribution in [0.2, 0.25) is 0 Å². The van der Waals surface area contributed by atoms with Crippen LogP contribution in [0, 0.1) is 0 Å². The molecule has 0 saturated carbocycles. The maximum absolute atomic E-state index is 12.7. The molecule has 32 heavy (non-hydrogen) atoms. The molecule has 1 atom stereocenters. The second-order valence-corrected chi connectivity index (χ2v) is 9.56. The first-order chi connectivity index (χ1) is 15.2. The standard InChI is InChI=1S/C23H32N2O6S/c1-7-19(16-8-11-21(30-5)22(15-16)31-6)24-23(26)13-9-17-14-18(10-12-20(17)29-4)32(27,28)25(2)3/h8,10-12,14-15,19H,7,9,13H2,1-6H3,(H,24,26)/t19-/m0/s1. The molecule has 0 spiro atoms. The van der Waals surface area contributed by atoms with Crippen LogP contribution in [0.15, 0.2) is 41.3 Å². The van der Waals surface area contributed by atoms with Crippen molar-refractivity contribution < 1.29 is 27.4 Å². The fourth-order valence-electron chi connectivity index (χ4n) is 3.33. The van der Waals surface area contributed by atoms with Gasteiger partial charge < -0.3 is 19.5 Å². The molecule has 2 aromatic rings. The third-order valence-corrected chi connectivity index (χ3v) is 7.02. The molecule has 2 aromatic carbocycles. The molecule has 0 radical (unpaired) electrons. The van der Waals surface area contributed by atoms with Gasteiger partial charge in [0.05, 0.1) is 32.3 Å². The van der Waals surface area contributed by atoms with Crippen molar-refractivity contribution >= 4 is 15.9 Å². The monoisotopic (exact) mass is 464 g/mol. The van der Waals surface area contributed by atoms with Gasteiger partial charge in [0.15, 0.2) is 11.5 Å². The largest absolute Gasteiger partial charge is 0.496 e. The lowest BCUT2D eigenvalue weighted by Crippen LogP contribution is -2.28. The third kappa shape index (κ3) is 5.92. The van der Waals surface area contributed by atoms with E-state index in [1.807, 2.05) is 25.1 Å². The fraction of sp³-hybridized carbons (Fsp3) is 0.435. The van der Waals surface area contributed by atoms with Crippen molar-refractivity contribution in [3.63, 3.8) is 0 Å². The van der Waals surface area contributed by atoms with Crippen LogP contribution in [0.4, 0.5) is 0 Å². The number of carbonyl (C=O) groups excluding carboxylic acids is 1. The van der Waals surface area contributed by atoms with Gasteiger partial charge in [-0.05, 0) is 54.3 Å². The van der Waals surface area contributed by atoms with Gasteiger partial charge in [0.25, 0.3) is 0 Å². The Morgan fingerprint density at radius 2 is 1.59 bits per heavy atom. The number of nitrogens with zero attached hydrogens (tertiary/aromatic N) is 1. The first-order valence-electron chi connectivity index (χ1n) is 10.3. The summed E-state index contributed by atoms with van der Waals surface area (Å²) in [6.45, 7) is 1.99. The van der Waals surface area contributed by atoms with Crippen LogP contribution in [0.3, 0.4) is 0 Å². The summed E-state index contributed by atoms with van der Waals surface area (Å²) >= 11 is 0. The van der Waals surface area contributed by atoms with Crippen LogP contribution in [-0.2, 0) is 21.2 Å². The van der Waals surface area contributed by atoms with E-state index >= 15 is 0 Å². The minimum atomic E-state index is -3.58. The molecule has 8 nitrogen and oxygen atoms in total. The first-order valence-corrected chi connectivity index (χ1v) is 11.7. The lowest BCUT2D eigenvalue weighted by Gasteiger charge is -2.19. The SMILES string of the molecule is CC[C@H](NC(=O)CCc1cc(S(=O)(=O)N(C)C)ccc1OC)c1ccc(OC)c(OC)c1. The van der Waals surface area contributed by atoms with E-state index in [-0.39, 0.29) is 23.3 Å². The van der Waals surface area contributed by atoms with Crippen molar-refractivity contribution in [2.45, 2.75) is 37.1 Å². The zero-order valence-electron chi connectivity index (χ0n) is 19.5. The average Bonchev–Trinajstić information content (AvgIpc) is 2.80. The van der Waals surface area contributed by atoms with Crippen LogP contribution in [0.5, 0.6) is 17.2 Å². The van der Waals surface area contributed by atoms with E-state index in [0.29, 0.717) is 35.7 Å². The minimum absolute atomic E-state index is 0.144. The van der Waals surface area contributed by atoms with Gasteiger partial charge in [0.1, 0.15) is 5.75 Å². The molecule has 0 aliphatic heterocycles. The highest BCUT2D eigenvalue weighted by atomic mass is 32.2. The normalized spacial score (nSPS) is 12.3. The van der Waals surface area contributed by atoms with Crippen LogP contribution >= 0.6 is 0 Å². The van der Waals surface area contributed by atoms with E-state index in [9.17, 15) is 13.2 Å². The fourth-order valence-corrected chi connectivity index (χ4v) is 4.28. The van der Waals surface area contributed by atoms with Gasteiger partial charge in [0.2, 0.25) is 15.9 Å². The van der Waals surface area contributed by atoms with Crippen molar-refractivity contribution in [2.24, 2.45) is 0 Å². The molecule has 0 saturated heterocycles. The van der Waals surface area contributed by atoms with Gasteiger partial charge in [-0.1, -0.05) is 13.0 Å². The molecule has 2 rings (SSSR count). The van der Waals surface area contributed by atoms with Crippen LogP contribution in [-0.4, -0.2) is 54.1 Å². The number of amides is 1. The number of nitrogens with one attached hydrogen (secondary N) is 1. The summed E-state index contributed by atoms with van der Waals surface area (Å²) in [7, 11) is 4.04. The van der Waals surface area contributed by atoms with Crippen LogP contribution in [0.25, 0.3) is 0 Å². The predicted molar refractivity (Wildman–Crippen MR) is 123 cm³/mol. The summed E-state index contributed by atoms with van der Waals surface area (Å²) in [4.78, 5) is 12.9. The number of aryl methyl sites for hydroxylation is 1. The molecule has 1 N–H and O–H groups in total. The molecule has 0 heterocycles. The quantitative estimate of drug-likeness (QED) is 0.549. The molecule has 0 aliphatic carbocycles. The van der Waals surface area contributed by atoms with E-state index in [1.165, 1.54) is 27.3 Å². The van der Waals surface area contributed by atoms with E-state index in [0.717, 1.165) is 9.87 Å². The summed E-state index contributed by atoms with van der Waals surface area (Å²) in [6, 6.07) is 10.0. The Morgan fingerprint density at radius 1 is 0.969 bits per heavy atom. The zero-order chi connectivity index (χ0) is 23.9. The average molecular weight is 465 g/mol. The number of methoxy groups -OCH3 is 3. The summed E-state index contributed by atoms with van der Waals surface area (Å²) in [5, 5.41) is 3.04. The van der Waals surface area contributed by atoms with Crippen LogP contribution in [0.1, 0.15) is 36.9 Å². The highest BCUT2D eigenvalue weighted by molar-refractivity contribution is 7.89. The van der Waals surface area contributed by atoms with Gasteiger partial charge in [-0.15, -0.1) is 0 Å². The van der Waals surface area contributed by atoms with Crippen LogP contribution < -0.4 is 19.5 Å². The maximum atomic E-state index is 12.7. The Bertz CT molecular complexity index is 1040. The van der Waals surface area contributed by atoms with E-state index in [2.05, 4.69) is 5.32 Å². The zero-order valence-corrected chi connectivity index (χ0v) is 20.3. The Morgan fingerprint density at radius 3 is 2.16 bits per heavy atom. The second kappa shape index (κ2) is 11.2. The molecule has 0 aromatic heterocycles. The minimum Gasteiger partial charge on any atom is -0.496 e. The van der Waals surface area contributed by atoms with Gasteiger partial charge >= 0.3 is 0 Å². The van der Waals surface area contributed by atoms with Crippen molar-refractivity contribution in [2.75, 3.05) is 35.4 Å². The summed E-state index contributed by atoms with van der Waals surface area (Å²) < 4.78 is 42.0. The van der Waals surface area contributed by atoms with Crippen molar-refractivity contribution in [3.8, 4) is 17.2 Å². The lowest BCUT2D eigenvalue weighted by atomic mass is 10.0. The number of ether oxygens (including phenoxy) is 3. The van der Waals surface area contributed by atoms with Crippen molar-refractivity contribution in [3.05, 3.63) is 47.5 Å². The number of sulfonamides is 1. The third-order valence-electron chi connectivity index (χ3n) is 5.21. The summed E-state index contributed by atoms with van der Waals surface area (Å²) in [5.74, 6) is 1.62. The molecule has 9 heteroatoms. The smallest absolute Gasteiger partial charge is 0.242 e. The molecular formula is C23H32N2O6S. The maximum Gasteiger partial charge on any atom is 0.242 e. The highest BCUT2D eigenvalue weighted by Crippen LogP contribution is 2.31.